The van der Waals surface area contributed by atoms with E-state index in [9.17, 15) is 22.0 Å². The van der Waals surface area contributed by atoms with Gasteiger partial charge in [0.05, 0.1) is 5.56 Å². The molecule has 8 heteroatoms. The maximum Gasteiger partial charge on any atom is 0.254 e. The van der Waals surface area contributed by atoms with Gasteiger partial charge in [0, 0.05) is 6.54 Å². The van der Waals surface area contributed by atoms with Crippen LogP contribution in [0.5, 0.6) is 0 Å². The van der Waals surface area contributed by atoms with E-state index in [1.54, 1.807) is 0 Å². The zero-order valence-electron chi connectivity index (χ0n) is 11.6. The second-order valence-electron chi connectivity index (χ2n) is 5.91. The summed E-state index contributed by atoms with van der Waals surface area (Å²) in [5, 5.41) is 7.28. The van der Waals surface area contributed by atoms with Crippen LogP contribution in [0.25, 0.3) is 0 Å². The number of halogens is 2. The number of sulfonamides is 1. The first-order valence-corrected chi connectivity index (χ1v) is 7.87. The molecule has 1 fully saturated rings. The molecule has 0 spiro atoms. The number of benzene rings is 1. The molecule has 0 aliphatic heterocycles. The van der Waals surface area contributed by atoms with Crippen molar-refractivity contribution in [3.63, 3.8) is 0 Å². The summed E-state index contributed by atoms with van der Waals surface area (Å²) in [4.78, 5) is 10.9. The Bertz CT molecular complexity index is 702. The fourth-order valence-corrected chi connectivity index (χ4v) is 2.81. The molecule has 0 radical (unpaired) electrons. The van der Waals surface area contributed by atoms with Gasteiger partial charge >= 0.3 is 0 Å². The normalized spacial score (nSPS) is 20.1. The third kappa shape index (κ3) is 3.38. The summed E-state index contributed by atoms with van der Waals surface area (Å²) in [6, 6.07) is 1.10. The van der Waals surface area contributed by atoms with E-state index < -0.39 is 38.0 Å². The smallest absolute Gasteiger partial charge is 0.254 e. The highest BCUT2D eigenvalue weighted by Crippen LogP contribution is 2.50. The molecule has 1 unspecified atom stereocenters. The molecule has 1 aromatic rings. The Labute approximate surface area is 121 Å². The van der Waals surface area contributed by atoms with Gasteiger partial charge in [0.2, 0.25) is 10.0 Å². The number of primary sulfonamides is 1. The van der Waals surface area contributed by atoms with Crippen LogP contribution in [-0.4, -0.2) is 20.9 Å². The molecule has 1 saturated carbocycles. The van der Waals surface area contributed by atoms with Gasteiger partial charge in [0.1, 0.15) is 10.7 Å². The summed E-state index contributed by atoms with van der Waals surface area (Å²) in [6.07, 6.45) is 0.932. The first-order chi connectivity index (χ1) is 9.52. The summed E-state index contributed by atoms with van der Waals surface area (Å²) in [5.41, 5.74) is -0.544. The number of amides is 1. The molecule has 1 aromatic carbocycles. The number of nitrogens with two attached hydrogens (primary N) is 1. The van der Waals surface area contributed by atoms with Crippen molar-refractivity contribution in [3.05, 3.63) is 29.3 Å². The van der Waals surface area contributed by atoms with Crippen molar-refractivity contribution in [2.75, 3.05) is 6.54 Å². The molecule has 1 amide bonds. The van der Waals surface area contributed by atoms with E-state index in [4.69, 9.17) is 5.14 Å². The zero-order valence-corrected chi connectivity index (χ0v) is 12.4. The second kappa shape index (κ2) is 5.03. The maximum atomic E-state index is 14.0. The maximum absolute atomic E-state index is 14.0. The Balaban J connectivity index is 2.23. The van der Waals surface area contributed by atoms with Crippen LogP contribution < -0.4 is 10.5 Å². The molecule has 0 saturated heterocycles. The van der Waals surface area contributed by atoms with Crippen LogP contribution >= 0.6 is 0 Å². The number of carbonyl (C=O) groups is 1. The van der Waals surface area contributed by atoms with E-state index in [1.807, 2.05) is 13.8 Å². The second-order valence-corrected chi connectivity index (χ2v) is 7.44. The Morgan fingerprint density at radius 3 is 2.48 bits per heavy atom. The predicted molar refractivity (Wildman–Crippen MR) is 72.0 cm³/mol. The minimum atomic E-state index is -4.44. The third-order valence-corrected chi connectivity index (χ3v) is 4.69. The molecule has 0 heterocycles. The molecule has 116 valence electrons. The van der Waals surface area contributed by atoms with Crippen LogP contribution in [0.3, 0.4) is 0 Å². The first-order valence-electron chi connectivity index (χ1n) is 6.32. The quantitative estimate of drug-likeness (QED) is 0.879. The van der Waals surface area contributed by atoms with Gasteiger partial charge in [0.15, 0.2) is 5.82 Å². The van der Waals surface area contributed by atoms with Crippen molar-refractivity contribution in [2.24, 2.45) is 16.5 Å². The van der Waals surface area contributed by atoms with E-state index in [1.165, 1.54) is 0 Å². The molecule has 0 aromatic heterocycles. The molecule has 21 heavy (non-hydrogen) atoms. The average Bonchev–Trinajstić information content (AvgIpc) is 2.95. The van der Waals surface area contributed by atoms with Crippen molar-refractivity contribution < 1.29 is 22.0 Å². The van der Waals surface area contributed by atoms with Gasteiger partial charge in [-0.15, -0.1) is 0 Å². The van der Waals surface area contributed by atoms with Gasteiger partial charge in [0.25, 0.3) is 5.91 Å². The first kappa shape index (κ1) is 15.8. The molecule has 1 aliphatic carbocycles. The summed E-state index contributed by atoms with van der Waals surface area (Å²) in [6.45, 7) is 4.39. The lowest BCUT2D eigenvalue weighted by atomic mass is 10.1. The van der Waals surface area contributed by atoms with Crippen molar-refractivity contribution in [2.45, 2.75) is 25.2 Å². The Morgan fingerprint density at radius 1 is 1.43 bits per heavy atom. The van der Waals surface area contributed by atoms with Crippen molar-refractivity contribution in [1.29, 1.82) is 0 Å². The SMILES string of the molecule is CC1(C)CC1CNC(=O)c1cc(F)cc(S(N)(=O)=O)c1F. The Hall–Kier alpha value is -1.54. The fraction of sp³-hybridized carbons (Fsp3) is 0.462. The van der Waals surface area contributed by atoms with E-state index in [-0.39, 0.29) is 11.3 Å². The number of rotatable bonds is 4. The summed E-state index contributed by atoms with van der Waals surface area (Å²) in [5.74, 6) is -2.97. The zero-order chi connectivity index (χ0) is 16.0. The van der Waals surface area contributed by atoms with Crippen LogP contribution in [0.15, 0.2) is 17.0 Å². The van der Waals surface area contributed by atoms with Gasteiger partial charge in [-0.3, -0.25) is 4.79 Å². The van der Waals surface area contributed by atoms with Gasteiger partial charge in [-0.1, -0.05) is 13.8 Å². The summed E-state index contributed by atoms with van der Waals surface area (Å²) in [7, 11) is -4.44. The molecule has 5 nitrogen and oxygen atoms in total. The number of hydrogen-bond donors (Lipinski definition) is 2. The fourth-order valence-electron chi connectivity index (χ4n) is 2.17. The predicted octanol–water partition coefficient (Wildman–Crippen LogP) is 1.39. The van der Waals surface area contributed by atoms with Crippen LogP contribution in [0.1, 0.15) is 30.6 Å². The van der Waals surface area contributed by atoms with Crippen molar-refractivity contribution in [1.82, 2.24) is 5.32 Å². The Morgan fingerprint density at radius 2 is 2.00 bits per heavy atom. The Kier molecular flexibility index (Phi) is 3.79. The highest BCUT2D eigenvalue weighted by Gasteiger charge is 2.45. The molecular formula is C13H16F2N2O3S. The van der Waals surface area contributed by atoms with Crippen LogP contribution in [-0.2, 0) is 10.0 Å². The molecule has 0 bridgehead atoms. The number of nitrogens with one attached hydrogen (secondary N) is 1. The van der Waals surface area contributed by atoms with E-state index in [0.717, 1.165) is 6.42 Å². The number of hydrogen-bond acceptors (Lipinski definition) is 3. The van der Waals surface area contributed by atoms with Gasteiger partial charge in [-0.05, 0) is 29.9 Å². The molecule has 3 N–H and O–H groups in total. The highest BCUT2D eigenvalue weighted by atomic mass is 32.2. The highest BCUT2D eigenvalue weighted by molar-refractivity contribution is 7.89. The molecule has 2 rings (SSSR count). The largest absolute Gasteiger partial charge is 0.352 e. The van der Waals surface area contributed by atoms with Crippen molar-refractivity contribution in [3.8, 4) is 0 Å². The monoisotopic (exact) mass is 318 g/mol. The third-order valence-electron chi connectivity index (χ3n) is 3.78. The van der Waals surface area contributed by atoms with Crippen molar-refractivity contribution >= 4 is 15.9 Å². The minimum absolute atomic E-state index is 0.125. The van der Waals surface area contributed by atoms with Gasteiger partial charge < -0.3 is 5.32 Å². The summed E-state index contributed by atoms with van der Waals surface area (Å²) >= 11 is 0. The molecule has 1 atom stereocenters. The average molecular weight is 318 g/mol. The van der Waals surface area contributed by atoms with Gasteiger partial charge in [-0.2, -0.15) is 0 Å². The van der Waals surface area contributed by atoms with E-state index in [0.29, 0.717) is 18.7 Å². The van der Waals surface area contributed by atoms with E-state index in [2.05, 4.69) is 5.32 Å². The topological polar surface area (TPSA) is 89.3 Å². The summed E-state index contributed by atoms with van der Waals surface area (Å²) < 4.78 is 49.7. The standard InChI is InChI=1S/C13H16F2N2O3S/c1-13(2)5-7(13)6-17-12(18)9-3-8(14)4-10(11(9)15)21(16,19)20/h3-4,7H,5-6H2,1-2H3,(H,17,18)(H2,16,19,20). The van der Waals surface area contributed by atoms with Crippen LogP contribution in [0.4, 0.5) is 8.78 Å². The minimum Gasteiger partial charge on any atom is -0.352 e. The lowest BCUT2D eigenvalue weighted by Gasteiger charge is -2.09. The van der Waals surface area contributed by atoms with Crippen LogP contribution in [0.2, 0.25) is 0 Å². The van der Waals surface area contributed by atoms with Gasteiger partial charge in [-0.25, -0.2) is 22.3 Å². The lowest BCUT2D eigenvalue weighted by Crippen LogP contribution is -2.28. The number of carbonyl (C=O) groups excluding carboxylic acids is 1. The molecular weight excluding hydrogens is 302 g/mol. The van der Waals surface area contributed by atoms with E-state index >= 15 is 0 Å². The lowest BCUT2D eigenvalue weighted by molar-refractivity contribution is 0.0945. The van der Waals surface area contributed by atoms with Crippen LogP contribution in [0, 0.1) is 23.0 Å². The molecule has 1 aliphatic rings.